The van der Waals surface area contributed by atoms with Crippen molar-refractivity contribution in [2.75, 3.05) is 31.7 Å². The highest BCUT2D eigenvalue weighted by Gasteiger charge is 2.06. The number of carbonyl (C=O) groups excluding carboxylic acids is 1. The molecule has 0 saturated carbocycles. The van der Waals surface area contributed by atoms with Crippen molar-refractivity contribution in [3.63, 3.8) is 0 Å². The lowest BCUT2D eigenvalue weighted by molar-refractivity contribution is 0.150. The summed E-state index contributed by atoms with van der Waals surface area (Å²) >= 11 is 6.22. The lowest BCUT2D eigenvalue weighted by Gasteiger charge is -2.11. The number of benzene rings is 2. The van der Waals surface area contributed by atoms with Gasteiger partial charge in [-0.05, 0) is 30.7 Å². The Morgan fingerprint density at radius 2 is 1.92 bits per heavy atom. The third-order valence-electron chi connectivity index (χ3n) is 3.42. The van der Waals surface area contributed by atoms with E-state index in [1.165, 1.54) is 5.56 Å². The van der Waals surface area contributed by atoms with Crippen molar-refractivity contribution in [2.24, 2.45) is 0 Å². The summed E-state index contributed by atoms with van der Waals surface area (Å²) in [6.07, 6.45) is 0.805. The van der Waals surface area contributed by atoms with Gasteiger partial charge in [0.1, 0.15) is 5.75 Å². The van der Waals surface area contributed by atoms with Crippen molar-refractivity contribution in [3.05, 3.63) is 59.1 Å². The summed E-state index contributed by atoms with van der Waals surface area (Å²) in [7, 11) is 0. The number of urea groups is 1. The van der Waals surface area contributed by atoms with E-state index in [1.54, 1.807) is 18.2 Å². The summed E-state index contributed by atoms with van der Waals surface area (Å²) in [5.41, 5.74) is 1.81. The second kappa shape index (κ2) is 10.6. The molecule has 0 unspecified atom stereocenters. The maximum Gasteiger partial charge on any atom is 0.319 e. The van der Waals surface area contributed by atoms with Crippen molar-refractivity contribution in [2.45, 2.75) is 13.3 Å². The van der Waals surface area contributed by atoms with Crippen LogP contribution in [0.1, 0.15) is 12.5 Å². The molecule has 0 aliphatic rings. The van der Waals surface area contributed by atoms with Crippen molar-refractivity contribution >= 4 is 23.3 Å². The Labute approximate surface area is 153 Å². The lowest BCUT2D eigenvalue weighted by Crippen LogP contribution is -2.31. The number of amides is 2. The van der Waals surface area contributed by atoms with Crippen LogP contribution in [0.25, 0.3) is 0 Å². The van der Waals surface area contributed by atoms with E-state index < -0.39 is 0 Å². The SMILES string of the molecule is CCOCCNC(=O)Nc1ccc(OCCc2ccccc2)c(Cl)c1. The first-order chi connectivity index (χ1) is 12.2. The van der Waals surface area contributed by atoms with Gasteiger partial charge < -0.3 is 20.1 Å². The Morgan fingerprint density at radius 1 is 1.12 bits per heavy atom. The number of hydrogen-bond donors (Lipinski definition) is 2. The van der Waals surface area contributed by atoms with Crippen LogP contribution >= 0.6 is 11.6 Å². The van der Waals surface area contributed by atoms with Gasteiger partial charge in [-0.1, -0.05) is 41.9 Å². The van der Waals surface area contributed by atoms with Gasteiger partial charge in [0, 0.05) is 25.3 Å². The maximum absolute atomic E-state index is 11.7. The summed E-state index contributed by atoms with van der Waals surface area (Å²) < 4.78 is 10.9. The van der Waals surface area contributed by atoms with E-state index in [1.807, 2.05) is 25.1 Å². The normalized spacial score (nSPS) is 10.3. The minimum atomic E-state index is -0.298. The van der Waals surface area contributed by atoms with Gasteiger partial charge in [-0.3, -0.25) is 0 Å². The number of ether oxygens (including phenoxy) is 2. The largest absolute Gasteiger partial charge is 0.492 e. The molecule has 0 spiro atoms. The highest BCUT2D eigenvalue weighted by molar-refractivity contribution is 6.32. The lowest BCUT2D eigenvalue weighted by atomic mass is 10.2. The minimum Gasteiger partial charge on any atom is -0.492 e. The number of hydrogen-bond acceptors (Lipinski definition) is 3. The van der Waals surface area contributed by atoms with Gasteiger partial charge in [0.2, 0.25) is 0 Å². The highest BCUT2D eigenvalue weighted by atomic mass is 35.5. The van der Waals surface area contributed by atoms with Crippen LogP contribution in [-0.2, 0) is 11.2 Å². The summed E-state index contributed by atoms with van der Waals surface area (Å²) in [6, 6.07) is 15.0. The summed E-state index contributed by atoms with van der Waals surface area (Å²) in [5.74, 6) is 0.597. The van der Waals surface area contributed by atoms with Crippen LogP contribution in [0, 0.1) is 0 Å². The fourth-order valence-corrected chi connectivity index (χ4v) is 2.41. The zero-order chi connectivity index (χ0) is 17.9. The summed E-state index contributed by atoms with van der Waals surface area (Å²) in [5, 5.41) is 5.88. The minimum absolute atomic E-state index is 0.298. The molecule has 0 saturated heterocycles. The van der Waals surface area contributed by atoms with E-state index in [0.717, 1.165) is 6.42 Å². The van der Waals surface area contributed by atoms with Crippen molar-refractivity contribution in [3.8, 4) is 5.75 Å². The summed E-state index contributed by atoms with van der Waals surface area (Å²) in [6.45, 7) is 4.01. The van der Waals surface area contributed by atoms with Gasteiger partial charge in [0.15, 0.2) is 0 Å². The Kier molecular flexibility index (Phi) is 8.09. The van der Waals surface area contributed by atoms with Gasteiger partial charge in [0.05, 0.1) is 18.2 Å². The first-order valence-electron chi connectivity index (χ1n) is 8.28. The standard InChI is InChI=1S/C19H23ClN2O3/c1-2-24-13-11-21-19(23)22-16-8-9-18(17(20)14-16)25-12-10-15-6-4-3-5-7-15/h3-9,14H,2,10-13H2,1H3,(H2,21,22,23). The van der Waals surface area contributed by atoms with E-state index in [-0.39, 0.29) is 6.03 Å². The second-order valence-corrected chi connectivity index (χ2v) is 5.71. The molecule has 0 fully saturated rings. The number of carbonyl (C=O) groups is 1. The zero-order valence-corrected chi connectivity index (χ0v) is 15.0. The molecule has 2 aromatic rings. The zero-order valence-electron chi connectivity index (χ0n) is 14.3. The number of halogens is 1. The molecule has 2 N–H and O–H groups in total. The predicted molar refractivity (Wildman–Crippen MR) is 101 cm³/mol. The average molecular weight is 363 g/mol. The monoisotopic (exact) mass is 362 g/mol. The summed E-state index contributed by atoms with van der Waals surface area (Å²) in [4.78, 5) is 11.7. The fourth-order valence-electron chi connectivity index (χ4n) is 2.18. The number of nitrogens with one attached hydrogen (secondary N) is 2. The molecule has 2 aromatic carbocycles. The molecule has 5 nitrogen and oxygen atoms in total. The molecule has 0 aliphatic heterocycles. The van der Waals surface area contributed by atoms with Gasteiger partial charge in [0.25, 0.3) is 0 Å². The van der Waals surface area contributed by atoms with E-state index >= 15 is 0 Å². The molecular formula is C19H23ClN2O3. The fraction of sp³-hybridized carbons (Fsp3) is 0.316. The quantitative estimate of drug-likeness (QED) is 0.660. The molecule has 0 aliphatic carbocycles. The first-order valence-corrected chi connectivity index (χ1v) is 8.65. The van der Waals surface area contributed by atoms with E-state index in [2.05, 4.69) is 22.8 Å². The van der Waals surface area contributed by atoms with Gasteiger partial charge in [-0.2, -0.15) is 0 Å². The van der Waals surface area contributed by atoms with Crippen LogP contribution in [0.5, 0.6) is 5.75 Å². The van der Waals surface area contributed by atoms with Crippen LogP contribution in [0.2, 0.25) is 5.02 Å². The van der Waals surface area contributed by atoms with E-state index in [0.29, 0.717) is 42.8 Å². The van der Waals surface area contributed by atoms with Crippen molar-refractivity contribution in [1.29, 1.82) is 0 Å². The molecule has 0 atom stereocenters. The van der Waals surface area contributed by atoms with Crippen molar-refractivity contribution in [1.82, 2.24) is 5.32 Å². The smallest absolute Gasteiger partial charge is 0.319 e. The molecule has 0 heterocycles. The van der Waals surface area contributed by atoms with Crippen LogP contribution < -0.4 is 15.4 Å². The Bertz CT molecular complexity index is 665. The Hall–Kier alpha value is -2.24. The third-order valence-corrected chi connectivity index (χ3v) is 3.71. The van der Waals surface area contributed by atoms with Crippen LogP contribution in [0.4, 0.5) is 10.5 Å². The topological polar surface area (TPSA) is 59.6 Å². The molecule has 134 valence electrons. The van der Waals surface area contributed by atoms with Gasteiger partial charge in [-0.15, -0.1) is 0 Å². The predicted octanol–water partition coefficient (Wildman–Crippen LogP) is 4.12. The van der Waals surface area contributed by atoms with Gasteiger partial charge >= 0.3 is 6.03 Å². The molecule has 0 bridgehead atoms. The third kappa shape index (κ3) is 7.03. The van der Waals surface area contributed by atoms with Gasteiger partial charge in [-0.25, -0.2) is 4.79 Å². The Balaban J connectivity index is 1.78. The van der Waals surface area contributed by atoms with E-state index in [4.69, 9.17) is 21.1 Å². The Morgan fingerprint density at radius 3 is 2.64 bits per heavy atom. The molecule has 2 amide bonds. The van der Waals surface area contributed by atoms with Crippen molar-refractivity contribution < 1.29 is 14.3 Å². The number of anilines is 1. The first kappa shape index (κ1) is 19.1. The van der Waals surface area contributed by atoms with E-state index in [9.17, 15) is 4.79 Å². The van der Waals surface area contributed by atoms with Crippen LogP contribution in [0.15, 0.2) is 48.5 Å². The maximum atomic E-state index is 11.7. The van der Waals surface area contributed by atoms with Crippen LogP contribution in [0.3, 0.4) is 0 Å². The molecule has 6 heteroatoms. The second-order valence-electron chi connectivity index (χ2n) is 5.31. The average Bonchev–Trinajstić information content (AvgIpc) is 2.61. The molecule has 25 heavy (non-hydrogen) atoms. The number of rotatable bonds is 9. The van der Waals surface area contributed by atoms with Crippen LogP contribution in [-0.4, -0.2) is 32.4 Å². The molecule has 2 rings (SSSR count). The molecular weight excluding hydrogens is 340 g/mol. The molecule has 0 aromatic heterocycles. The highest BCUT2D eigenvalue weighted by Crippen LogP contribution is 2.27. The molecule has 0 radical (unpaired) electrons.